The van der Waals surface area contributed by atoms with Crippen LogP contribution in [0.15, 0.2) is 35.8 Å². The first kappa shape index (κ1) is 17.3. The summed E-state index contributed by atoms with van der Waals surface area (Å²) in [4.78, 5) is 27.1. The summed E-state index contributed by atoms with van der Waals surface area (Å²) in [5, 5.41) is 7.19. The maximum absolute atomic E-state index is 12.0. The van der Waals surface area contributed by atoms with Crippen LogP contribution in [0.2, 0.25) is 0 Å². The number of carbonyl (C=O) groups excluding carboxylic acids is 2. The number of benzene rings is 1. The summed E-state index contributed by atoms with van der Waals surface area (Å²) >= 11 is 0. The average molecular weight is 358 g/mol. The van der Waals surface area contributed by atoms with E-state index in [2.05, 4.69) is 15.4 Å². The van der Waals surface area contributed by atoms with Gasteiger partial charge in [-0.2, -0.15) is 10.1 Å². The molecule has 26 heavy (non-hydrogen) atoms. The van der Waals surface area contributed by atoms with Gasteiger partial charge in [0.1, 0.15) is 12.4 Å². The molecular weight excluding hydrogens is 340 g/mol. The summed E-state index contributed by atoms with van der Waals surface area (Å²) in [7, 11) is 1.47. The highest BCUT2D eigenvalue weighted by Gasteiger charge is 2.32. The first-order valence-electron chi connectivity index (χ1n) is 7.68. The summed E-state index contributed by atoms with van der Waals surface area (Å²) in [5.74, 6) is 0.0468. The molecule has 2 heterocycles. The largest absolute Gasteiger partial charge is 0.493 e. The van der Waals surface area contributed by atoms with Gasteiger partial charge in [0.15, 0.2) is 18.1 Å². The van der Waals surface area contributed by atoms with Gasteiger partial charge in [-0.3, -0.25) is 9.59 Å². The second kappa shape index (κ2) is 6.75. The van der Waals surface area contributed by atoms with E-state index < -0.39 is 17.9 Å². The lowest BCUT2D eigenvalue weighted by Gasteiger charge is -2.28. The summed E-state index contributed by atoms with van der Waals surface area (Å²) in [5.41, 5.74) is 12.3. The molecule has 1 unspecified atom stereocenters. The summed E-state index contributed by atoms with van der Waals surface area (Å²) in [6.45, 7) is 1.47. The number of carbonyl (C=O) groups is 2. The smallest absolute Gasteiger partial charge is 0.255 e. The first-order valence-corrected chi connectivity index (χ1v) is 7.68. The Morgan fingerprint density at radius 3 is 2.73 bits per heavy atom. The summed E-state index contributed by atoms with van der Waals surface area (Å²) in [6, 6.07) is 4.47. The highest BCUT2D eigenvalue weighted by molar-refractivity contribution is 5.95. The Hall–Kier alpha value is -3.56. The molecule has 1 aliphatic rings. The first-order chi connectivity index (χ1) is 12.4. The van der Waals surface area contributed by atoms with Crippen LogP contribution in [-0.4, -0.2) is 40.3 Å². The van der Waals surface area contributed by atoms with Crippen LogP contribution in [0.25, 0.3) is 0 Å². The third-order valence-corrected chi connectivity index (χ3v) is 3.93. The van der Waals surface area contributed by atoms with E-state index in [0.29, 0.717) is 34.3 Å². The van der Waals surface area contributed by atoms with Gasteiger partial charge in [0.2, 0.25) is 11.9 Å². The Morgan fingerprint density at radius 1 is 1.31 bits per heavy atom. The van der Waals surface area contributed by atoms with E-state index >= 15 is 0 Å². The zero-order valence-electron chi connectivity index (χ0n) is 14.2. The quantitative estimate of drug-likeness (QED) is 0.654. The predicted molar refractivity (Wildman–Crippen MR) is 91.4 cm³/mol. The van der Waals surface area contributed by atoms with Crippen molar-refractivity contribution in [3.63, 3.8) is 0 Å². The van der Waals surface area contributed by atoms with Crippen LogP contribution in [0.3, 0.4) is 0 Å². The topological polar surface area (TPSA) is 147 Å². The average Bonchev–Trinajstić information content (AvgIpc) is 3.06. The van der Waals surface area contributed by atoms with E-state index in [9.17, 15) is 9.59 Å². The molecule has 0 spiro atoms. The fourth-order valence-electron chi connectivity index (χ4n) is 2.84. The molecule has 1 aromatic carbocycles. The number of hydrogen-bond donors (Lipinski definition) is 3. The normalized spacial score (nSPS) is 15.8. The van der Waals surface area contributed by atoms with Crippen LogP contribution >= 0.6 is 0 Å². The number of nitrogens with one attached hydrogen (secondary N) is 1. The summed E-state index contributed by atoms with van der Waals surface area (Å²) < 4.78 is 12.2. The molecule has 1 atom stereocenters. The van der Waals surface area contributed by atoms with Gasteiger partial charge in [-0.1, -0.05) is 6.07 Å². The van der Waals surface area contributed by atoms with E-state index in [1.165, 1.54) is 13.4 Å². The molecule has 2 aromatic rings. The Labute approximate surface area is 148 Å². The number of fused-ring (bicyclic) bond motifs is 1. The molecule has 1 aromatic heterocycles. The lowest BCUT2D eigenvalue weighted by Crippen LogP contribution is -2.31. The third kappa shape index (κ3) is 3.04. The zero-order chi connectivity index (χ0) is 18.8. The molecule has 2 amide bonds. The van der Waals surface area contributed by atoms with Gasteiger partial charge in [-0.05, 0) is 24.6 Å². The van der Waals surface area contributed by atoms with Gasteiger partial charge in [-0.25, -0.2) is 4.68 Å². The zero-order valence-corrected chi connectivity index (χ0v) is 14.2. The molecule has 3 rings (SSSR count). The van der Waals surface area contributed by atoms with Gasteiger partial charge in [0.05, 0.1) is 12.7 Å². The molecule has 0 radical (unpaired) electrons. The Balaban J connectivity index is 2.07. The van der Waals surface area contributed by atoms with E-state index in [4.69, 9.17) is 20.9 Å². The molecule has 136 valence electrons. The van der Waals surface area contributed by atoms with E-state index in [-0.39, 0.29) is 6.61 Å². The maximum Gasteiger partial charge on any atom is 0.255 e. The van der Waals surface area contributed by atoms with Gasteiger partial charge in [-0.15, -0.1) is 0 Å². The fraction of sp³-hybridized carbons (Fsp3) is 0.250. The van der Waals surface area contributed by atoms with Crippen molar-refractivity contribution >= 4 is 17.8 Å². The van der Waals surface area contributed by atoms with Gasteiger partial charge in [0, 0.05) is 5.70 Å². The van der Waals surface area contributed by atoms with Crippen LogP contribution in [0, 0.1) is 0 Å². The summed E-state index contributed by atoms with van der Waals surface area (Å²) in [6.07, 6.45) is 1.38. The molecule has 0 bridgehead atoms. The maximum atomic E-state index is 12.0. The molecule has 10 nitrogen and oxygen atoms in total. The number of primary amides is 2. The predicted octanol–water partition coefficient (Wildman–Crippen LogP) is -0.0750. The van der Waals surface area contributed by atoms with Crippen molar-refractivity contribution in [2.24, 2.45) is 11.5 Å². The number of nitrogens with two attached hydrogens (primary N) is 2. The monoisotopic (exact) mass is 358 g/mol. The Kier molecular flexibility index (Phi) is 4.48. The minimum Gasteiger partial charge on any atom is -0.493 e. The molecule has 10 heteroatoms. The van der Waals surface area contributed by atoms with Crippen molar-refractivity contribution in [2.75, 3.05) is 19.0 Å². The lowest BCUT2D eigenvalue weighted by molar-refractivity contribution is -0.120. The van der Waals surface area contributed by atoms with E-state index in [1.54, 1.807) is 29.8 Å². The molecule has 0 fully saturated rings. The SMILES string of the molecule is COc1cc(C2C(C(N)=O)=C(C)Nc3ncnn32)ccc1OCC(N)=O. The van der Waals surface area contributed by atoms with Crippen molar-refractivity contribution in [3.05, 3.63) is 41.4 Å². The number of aromatic nitrogens is 3. The minimum absolute atomic E-state index is 0.276. The number of amides is 2. The third-order valence-electron chi connectivity index (χ3n) is 3.93. The van der Waals surface area contributed by atoms with Crippen molar-refractivity contribution in [1.82, 2.24) is 14.8 Å². The molecule has 5 N–H and O–H groups in total. The van der Waals surface area contributed by atoms with Crippen LogP contribution in [-0.2, 0) is 9.59 Å². The van der Waals surface area contributed by atoms with Crippen LogP contribution in [0.4, 0.5) is 5.95 Å². The van der Waals surface area contributed by atoms with Crippen molar-refractivity contribution in [2.45, 2.75) is 13.0 Å². The number of anilines is 1. The van der Waals surface area contributed by atoms with E-state index in [1.807, 2.05) is 0 Å². The highest BCUT2D eigenvalue weighted by Crippen LogP contribution is 2.38. The van der Waals surface area contributed by atoms with Gasteiger partial charge >= 0.3 is 0 Å². The number of ether oxygens (including phenoxy) is 2. The number of rotatable bonds is 6. The van der Waals surface area contributed by atoms with Crippen LogP contribution < -0.4 is 26.3 Å². The fourth-order valence-corrected chi connectivity index (χ4v) is 2.84. The van der Waals surface area contributed by atoms with Crippen molar-refractivity contribution < 1.29 is 19.1 Å². The lowest BCUT2D eigenvalue weighted by atomic mass is 9.95. The standard InChI is InChI=1S/C16H18N6O4/c1-8-13(15(18)24)14(22-16(21-8)19-7-20-22)9-3-4-10(11(5-9)25-2)26-6-12(17)23/h3-5,7,14H,6H2,1-2H3,(H2,17,23)(H2,18,24)(H,19,20,21). The molecule has 0 saturated heterocycles. The van der Waals surface area contributed by atoms with Crippen molar-refractivity contribution in [3.8, 4) is 11.5 Å². The number of methoxy groups -OCH3 is 1. The van der Waals surface area contributed by atoms with Crippen LogP contribution in [0.1, 0.15) is 18.5 Å². The van der Waals surface area contributed by atoms with Gasteiger partial charge in [0.25, 0.3) is 5.91 Å². The molecular formula is C16H18N6O4. The van der Waals surface area contributed by atoms with Crippen LogP contribution in [0.5, 0.6) is 11.5 Å². The Bertz CT molecular complexity index is 904. The van der Waals surface area contributed by atoms with Gasteiger partial charge < -0.3 is 26.3 Å². The second-order valence-corrected chi connectivity index (χ2v) is 5.62. The minimum atomic E-state index is -0.601. The number of nitrogens with zero attached hydrogens (tertiary/aromatic N) is 3. The van der Waals surface area contributed by atoms with Crippen molar-refractivity contribution in [1.29, 1.82) is 0 Å². The second-order valence-electron chi connectivity index (χ2n) is 5.62. The molecule has 0 saturated carbocycles. The molecule has 0 aliphatic carbocycles. The number of allylic oxidation sites excluding steroid dienone is 1. The Morgan fingerprint density at radius 2 is 2.08 bits per heavy atom. The number of hydrogen-bond acceptors (Lipinski definition) is 7. The highest BCUT2D eigenvalue weighted by atomic mass is 16.5. The molecule has 1 aliphatic heterocycles. The van der Waals surface area contributed by atoms with E-state index in [0.717, 1.165) is 0 Å².